The number of nitriles is 1. The highest BCUT2D eigenvalue weighted by Crippen LogP contribution is 2.30. The summed E-state index contributed by atoms with van der Waals surface area (Å²) in [7, 11) is -4.12. The Morgan fingerprint density at radius 3 is 2.41 bits per heavy atom. The molecule has 2 N–H and O–H groups in total. The summed E-state index contributed by atoms with van der Waals surface area (Å²) in [5.74, 6) is 0.670. The lowest BCUT2D eigenvalue weighted by Crippen LogP contribution is -2.47. The highest BCUT2D eigenvalue weighted by atomic mass is 32.2. The number of nitro benzene ring substituents is 1. The van der Waals surface area contributed by atoms with Crippen LogP contribution in [-0.2, 0) is 10.0 Å². The molecule has 1 aliphatic rings. The third kappa shape index (κ3) is 3.97. The van der Waals surface area contributed by atoms with E-state index in [4.69, 9.17) is 10.4 Å². The zero-order chi connectivity index (χ0) is 19.6. The minimum atomic E-state index is -4.12. The van der Waals surface area contributed by atoms with Gasteiger partial charge in [0.2, 0.25) is 10.0 Å². The Balaban J connectivity index is 1.84. The molecule has 0 atom stereocenters. The summed E-state index contributed by atoms with van der Waals surface area (Å²) in [6.45, 7) is 2.03. The first-order valence-corrected chi connectivity index (χ1v) is 9.51. The van der Waals surface area contributed by atoms with E-state index in [1.54, 1.807) is 18.3 Å². The number of benzene rings is 1. The zero-order valence-electron chi connectivity index (χ0n) is 14.1. The van der Waals surface area contributed by atoms with Crippen LogP contribution in [0, 0.1) is 21.4 Å². The SMILES string of the molecule is N#Cc1ccnc(N2CCN(c3ccc([N+](=O)[O-])cc3S(N)(=O)=O)CC2)c1. The lowest BCUT2D eigenvalue weighted by molar-refractivity contribution is -0.385. The predicted octanol–water partition coefficient (Wildman–Crippen LogP) is 0.835. The molecule has 0 saturated carbocycles. The van der Waals surface area contributed by atoms with Crippen molar-refractivity contribution >= 4 is 27.2 Å². The van der Waals surface area contributed by atoms with Crippen LogP contribution in [0.25, 0.3) is 0 Å². The molecule has 140 valence electrons. The molecule has 10 nitrogen and oxygen atoms in total. The average molecular weight is 388 g/mol. The number of piperazine rings is 1. The number of rotatable bonds is 4. The first-order chi connectivity index (χ1) is 12.8. The molecule has 0 amide bonds. The van der Waals surface area contributed by atoms with Gasteiger partial charge in [-0.25, -0.2) is 18.5 Å². The maximum Gasteiger partial charge on any atom is 0.270 e. The molecule has 3 rings (SSSR count). The van der Waals surface area contributed by atoms with Crippen molar-refractivity contribution in [2.24, 2.45) is 5.14 Å². The number of nitro groups is 1. The van der Waals surface area contributed by atoms with E-state index in [0.29, 0.717) is 43.2 Å². The van der Waals surface area contributed by atoms with Gasteiger partial charge in [0.05, 0.1) is 22.2 Å². The van der Waals surface area contributed by atoms with Crippen LogP contribution >= 0.6 is 0 Å². The van der Waals surface area contributed by atoms with Gasteiger partial charge in [-0.1, -0.05) is 0 Å². The number of hydrogen-bond donors (Lipinski definition) is 1. The van der Waals surface area contributed by atoms with Crippen LogP contribution in [0.15, 0.2) is 41.4 Å². The monoisotopic (exact) mass is 388 g/mol. The topological polar surface area (TPSA) is 146 Å². The summed E-state index contributed by atoms with van der Waals surface area (Å²) >= 11 is 0. The van der Waals surface area contributed by atoms with Gasteiger partial charge in [0, 0.05) is 44.5 Å². The number of sulfonamides is 1. The van der Waals surface area contributed by atoms with Crippen molar-refractivity contribution in [1.82, 2.24) is 4.98 Å². The molecule has 1 aromatic heterocycles. The molecule has 1 saturated heterocycles. The van der Waals surface area contributed by atoms with Gasteiger partial charge >= 0.3 is 0 Å². The molecule has 0 bridgehead atoms. The highest BCUT2D eigenvalue weighted by Gasteiger charge is 2.25. The number of primary sulfonamides is 1. The highest BCUT2D eigenvalue weighted by molar-refractivity contribution is 7.89. The fourth-order valence-corrected chi connectivity index (χ4v) is 3.72. The molecule has 1 aromatic carbocycles. The standard InChI is InChI=1S/C16H16N6O4S/c17-11-12-3-4-19-16(9-12)21-7-5-20(6-8-21)14-2-1-13(22(23)24)10-15(14)27(18,25)26/h1-4,9-10H,5-8H2,(H2,18,25,26). The maximum absolute atomic E-state index is 11.9. The van der Waals surface area contributed by atoms with Crippen molar-refractivity contribution in [2.45, 2.75) is 4.90 Å². The van der Waals surface area contributed by atoms with E-state index >= 15 is 0 Å². The van der Waals surface area contributed by atoms with Gasteiger partial charge in [-0.2, -0.15) is 5.26 Å². The van der Waals surface area contributed by atoms with Gasteiger partial charge in [-0.15, -0.1) is 0 Å². The van der Waals surface area contributed by atoms with Gasteiger partial charge in [0.1, 0.15) is 10.7 Å². The molecule has 2 heterocycles. The van der Waals surface area contributed by atoms with E-state index in [2.05, 4.69) is 11.1 Å². The molecule has 0 radical (unpaired) electrons. The summed E-state index contributed by atoms with van der Waals surface area (Å²) < 4.78 is 23.8. The lowest BCUT2D eigenvalue weighted by Gasteiger charge is -2.37. The second-order valence-electron chi connectivity index (χ2n) is 5.94. The Morgan fingerprint density at radius 1 is 1.15 bits per heavy atom. The number of hydrogen-bond acceptors (Lipinski definition) is 8. The fourth-order valence-electron chi connectivity index (χ4n) is 2.94. The number of nitrogens with zero attached hydrogens (tertiary/aromatic N) is 5. The van der Waals surface area contributed by atoms with E-state index in [1.807, 2.05) is 9.80 Å². The summed E-state index contributed by atoms with van der Waals surface area (Å²) in [5.41, 5.74) is 0.509. The van der Waals surface area contributed by atoms with Crippen LogP contribution < -0.4 is 14.9 Å². The van der Waals surface area contributed by atoms with Gasteiger partial charge in [-0.3, -0.25) is 10.1 Å². The van der Waals surface area contributed by atoms with Crippen molar-refractivity contribution in [1.29, 1.82) is 5.26 Å². The first kappa shape index (κ1) is 18.6. The van der Waals surface area contributed by atoms with Crippen LogP contribution in [-0.4, -0.2) is 44.5 Å². The number of nitrogens with two attached hydrogens (primary N) is 1. The van der Waals surface area contributed by atoms with Crippen molar-refractivity contribution in [3.8, 4) is 6.07 Å². The smallest absolute Gasteiger partial charge is 0.270 e. The van der Waals surface area contributed by atoms with Gasteiger partial charge in [-0.05, 0) is 18.2 Å². The molecular formula is C16H16N6O4S. The fraction of sp³-hybridized carbons (Fsp3) is 0.250. The van der Waals surface area contributed by atoms with Crippen molar-refractivity contribution < 1.29 is 13.3 Å². The molecule has 27 heavy (non-hydrogen) atoms. The third-order valence-electron chi connectivity index (χ3n) is 4.28. The third-order valence-corrected chi connectivity index (χ3v) is 5.22. The molecular weight excluding hydrogens is 372 g/mol. The summed E-state index contributed by atoms with van der Waals surface area (Å²) in [6.07, 6.45) is 1.57. The second-order valence-corrected chi connectivity index (χ2v) is 7.47. The Bertz CT molecular complexity index is 1030. The van der Waals surface area contributed by atoms with E-state index < -0.39 is 14.9 Å². The number of aromatic nitrogens is 1. The molecule has 1 fully saturated rings. The van der Waals surface area contributed by atoms with Gasteiger partial charge in [0.15, 0.2) is 0 Å². The van der Waals surface area contributed by atoms with Crippen LogP contribution in [0.5, 0.6) is 0 Å². The largest absolute Gasteiger partial charge is 0.367 e. The van der Waals surface area contributed by atoms with Crippen LogP contribution in [0.4, 0.5) is 17.2 Å². The molecule has 11 heteroatoms. The maximum atomic E-state index is 11.9. The number of non-ortho nitro benzene ring substituents is 1. The normalized spacial score (nSPS) is 14.7. The Hall–Kier alpha value is -3.23. The van der Waals surface area contributed by atoms with Crippen LogP contribution in [0.1, 0.15) is 5.56 Å². The number of pyridine rings is 1. The van der Waals surface area contributed by atoms with Crippen LogP contribution in [0.2, 0.25) is 0 Å². The summed E-state index contributed by atoms with van der Waals surface area (Å²) in [4.78, 5) is 18.1. The van der Waals surface area contributed by atoms with Crippen molar-refractivity contribution in [3.05, 3.63) is 52.2 Å². The van der Waals surface area contributed by atoms with E-state index in [0.717, 1.165) is 6.07 Å². The minimum absolute atomic E-state index is 0.269. The number of anilines is 2. The minimum Gasteiger partial charge on any atom is -0.367 e. The van der Waals surface area contributed by atoms with E-state index in [-0.39, 0.29) is 10.6 Å². The van der Waals surface area contributed by atoms with Crippen LogP contribution in [0.3, 0.4) is 0 Å². The van der Waals surface area contributed by atoms with Crippen molar-refractivity contribution in [3.63, 3.8) is 0 Å². The zero-order valence-corrected chi connectivity index (χ0v) is 15.0. The molecule has 0 aliphatic carbocycles. The Morgan fingerprint density at radius 2 is 1.81 bits per heavy atom. The van der Waals surface area contributed by atoms with Gasteiger partial charge < -0.3 is 9.80 Å². The summed E-state index contributed by atoms with van der Waals surface area (Å²) in [6, 6.07) is 9.02. The van der Waals surface area contributed by atoms with Gasteiger partial charge in [0.25, 0.3) is 5.69 Å². The lowest BCUT2D eigenvalue weighted by atomic mass is 10.2. The summed E-state index contributed by atoms with van der Waals surface area (Å²) in [5, 5.41) is 25.2. The predicted molar refractivity (Wildman–Crippen MR) is 97.8 cm³/mol. The van der Waals surface area contributed by atoms with E-state index in [9.17, 15) is 18.5 Å². The molecule has 0 unspecified atom stereocenters. The molecule has 1 aliphatic heterocycles. The Labute approximate surface area is 155 Å². The second kappa shape index (κ2) is 7.18. The quantitative estimate of drug-likeness (QED) is 0.598. The molecule has 0 spiro atoms. The van der Waals surface area contributed by atoms with Crippen molar-refractivity contribution in [2.75, 3.05) is 36.0 Å². The molecule has 2 aromatic rings. The average Bonchev–Trinajstić information content (AvgIpc) is 2.67. The van der Waals surface area contributed by atoms with E-state index in [1.165, 1.54) is 12.1 Å². The Kier molecular flexibility index (Phi) is 4.93. The first-order valence-electron chi connectivity index (χ1n) is 7.97.